The van der Waals surface area contributed by atoms with E-state index in [2.05, 4.69) is 55.5 Å². The first-order valence-electron chi connectivity index (χ1n) is 11.2. The summed E-state index contributed by atoms with van der Waals surface area (Å²) < 4.78 is 38.6. The van der Waals surface area contributed by atoms with Crippen molar-refractivity contribution in [2.75, 3.05) is 18.4 Å². The summed E-state index contributed by atoms with van der Waals surface area (Å²) >= 11 is 0. The molecule has 0 unspecified atom stereocenters. The Morgan fingerprint density at radius 3 is 2.35 bits per heavy atom. The summed E-state index contributed by atoms with van der Waals surface area (Å²) in [4.78, 5) is 23.3. The Morgan fingerprint density at radius 2 is 1.74 bits per heavy atom. The Kier molecular flexibility index (Phi) is 6.33. The smallest absolute Gasteiger partial charge is 0.388 e. The summed E-state index contributed by atoms with van der Waals surface area (Å²) in [5.41, 5.74) is 2.00. The molecular weight excluding hydrogens is 447 g/mol. The van der Waals surface area contributed by atoms with E-state index in [-0.39, 0.29) is 11.1 Å². The van der Waals surface area contributed by atoms with Crippen molar-refractivity contribution < 1.29 is 27.6 Å². The molecule has 2 aromatic carbocycles. The number of halogens is 3. The Morgan fingerprint density at radius 1 is 1.06 bits per heavy atom. The van der Waals surface area contributed by atoms with Crippen molar-refractivity contribution in [3.8, 4) is 0 Å². The van der Waals surface area contributed by atoms with E-state index in [0.29, 0.717) is 32.4 Å². The summed E-state index contributed by atoms with van der Waals surface area (Å²) in [6.07, 6.45) is -3.43. The summed E-state index contributed by atoms with van der Waals surface area (Å²) in [5, 5.41) is 8.17. The number of hydrogen-bond acceptors (Lipinski definition) is 5. The molecule has 34 heavy (non-hydrogen) atoms. The number of carbonyl (C=O) groups is 1. The van der Waals surface area contributed by atoms with Gasteiger partial charge in [0.05, 0.1) is 11.3 Å². The number of alkyl halides is 3. The van der Waals surface area contributed by atoms with Crippen molar-refractivity contribution in [2.24, 2.45) is 5.16 Å². The van der Waals surface area contributed by atoms with Gasteiger partial charge in [-0.3, -0.25) is 5.32 Å². The van der Waals surface area contributed by atoms with Crippen LogP contribution in [0.25, 0.3) is 0 Å². The van der Waals surface area contributed by atoms with Crippen LogP contribution in [0, 0.1) is 0 Å². The lowest BCUT2D eigenvalue weighted by molar-refractivity contribution is -0.154. The van der Waals surface area contributed by atoms with E-state index in [1.165, 1.54) is 22.8 Å². The van der Waals surface area contributed by atoms with Crippen LogP contribution in [0.15, 0.2) is 53.7 Å². The number of amides is 1. The molecule has 0 aromatic heterocycles. The average molecular weight is 476 g/mol. The number of carbonyl (C=O) groups excluding carboxylic acids is 1. The molecule has 0 aliphatic carbocycles. The maximum absolute atomic E-state index is 12.9. The molecule has 0 bridgehead atoms. The molecule has 1 amide bonds. The Labute approximate surface area is 196 Å². The number of hydroxylamine groups is 2. The highest BCUT2D eigenvalue weighted by Gasteiger charge is 2.43. The lowest BCUT2D eigenvalue weighted by atomic mass is 9.84. The Balaban J connectivity index is 1.28. The van der Waals surface area contributed by atoms with Gasteiger partial charge < -0.3 is 9.68 Å². The van der Waals surface area contributed by atoms with Crippen LogP contribution in [0.3, 0.4) is 0 Å². The molecule has 1 saturated heterocycles. The minimum absolute atomic E-state index is 0.0166. The van der Waals surface area contributed by atoms with Crippen molar-refractivity contribution in [2.45, 2.75) is 57.2 Å². The molecular formula is C25H28F3N3O3. The highest BCUT2D eigenvalue weighted by atomic mass is 19.4. The fraction of sp³-hybridized carbons (Fsp3) is 0.440. The predicted molar refractivity (Wildman–Crippen MR) is 122 cm³/mol. The predicted octanol–water partition coefficient (Wildman–Crippen LogP) is 6.13. The monoisotopic (exact) mass is 475 g/mol. The normalized spacial score (nSPS) is 18.4. The van der Waals surface area contributed by atoms with Crippen molar-refractivity contribution in [3.05, 3.63) is 65.2 Å². The van der Waals surface area contributed by atoms with Gasteiger partial charge in [0, 0.05) is 38.0 Å². The summed E-state index contributed by atoms with van der Waals surface area (Å²) in [7, 11) is 0. The minimum Gasteiger partial charge on any atom is -0.388 e. The third kappa shape index (κ3) is 5.52. The number of rotatable bonds is 3. The molecule has 4 rings (SSSR count). The van der Waals surface area contributed by atoms with Crippen molar-refractivity contribution in [3.63, 3.8) is 0 Å². The first-order chi connectivity index (χ1) is 15.9. The van der Waals surface area contributed by atoms with Gasteiger partial charge >= 0.3 is 12.3 Å². The van der Waals surface area contributed by atoms with E-state index in [9.17, 15) is 18.0 Å². The van der Waals surface area contributed by atoms with Gasteiger partial charge in [0.15, 0.2) is 0 Å². The zero-order valence-corrected chi connectivity index (χ0v) is 19.4. The largest absolute Gasteiger partial charge is 0.430 e. The molecule has 1 fully saturated rings. The molecule has 2 aliphatic heterocycles. The van der Waals surface area contributed by atoms with Gasteiger partial charge in [-0.2, -0.15) is 13.2 Å². The zero-order chi connectivity index (χ0) is 24.6. The van der Waals surface area contributed by atoms with E-state index in [4.69, 9.17) is 9.68 Å². The van der Waals surface area contributed by atoms with Crippen LogP contribution in [0.5, 0.6) is 0 Å². The summed E-state index contributed by atoms with van der Waals surface area (Å²) in [6, 6.07) is 12.8. The molecule has 1 N–H and O–H groups in total. The maximum Gasteiger partial charge on any atom is 0.430 e. The number of anilines is 1. The average Bonchev–Trinajstić information content (AvgIpc) is 3.18. The van der Waals surface area contributed by atoms with Crippen molar-refractivity contribution in [1.29, 1.82) is 0 Å². The molecule has 1 spiro atoms. The first kappa shape index (κ1) is 24.1. The standard InChI is InChI=1S/C25H28F3N3O3/c1-23(2,3)18-9-7-17(8-10-18)21-16-24(34-30-21)11-13-31(14-12-24)33-22(32)29-20-6-4-5-19(15-20)25(26,27)28/h4-10,15H,11-14,16H2,1-3H3,(H,29,32). The van der Waals surface area contributed by atoms with Gasteiger partial charge in [-0.15, -0.1) is 5.06 Å². The maximum atomic E-state index is 12.9. The Bertz CT molecular complexity index is 1070. The fourth-order valence-electron chi connectivity index (χ4n) is 4.12. The van der Waals surface area contributed by atoms with Crippen LogP contribution in [0.4, 0.5) is 23.7 Å². The van der Waals surface area contributed by atoms with E-state index < -0.39 is 23.4 Å². The molecule has 0 atom stereocenters. The second-order valence-electron chi connectivity index (χ2n) is 9.83. The third-order valence-corrected chi connectivity index (χ3v) is 6.21. The van der Waals surface area contributed by atoms with E-state index in [1.54, 1.807) is 0 Å². The van der Waals surface area contributed by atoms with E-state index >= 15 is 0 Å². The number of oxime groups is 1. The molecule has 2 heterocycles. The van der Waals surface area contributed by atoms with Crippen LogP contribution in [0.1, 0.15) is 56.7 Å². The van der Waals surface area contributed by atoms with Gasteiger partial charge in [0.25, 0.3) is 0 Å². The lowest BCUT2D eigenvalue weighted by Gasteiger charge is -2.35. The highest BCUT2D eigenvalue weighted by Crippen LogP contribution is 2.37. The van der Waals surface area contributed by atoms with E-state index in [0.717, 1.165) is 23.4 Å². The fourth-order valence-corrected chi connectivity index (χ4v) is 4.12. The second kappa shape index (κ2) is 8.94. The Hall–Kier alpha value is -3.07. The molecule has 0 saturated carbocycles. The summed E-state index contributed by atoms with van der Waals surface area (Å²) in [5.74, 6) is 0. The van der Waals surface area contributed by atoms with Crippen LogP contribution in [-0.4, -0.2) is 35.6 Å². The van der Waals surface area contributed by atoms with Crippen molar-refractivity contribution in [1.82, 2.24) is 5.06 Å². The molecule has 2 aromatic rings. The molecule has 2 aliphatic rings. The van der Waals surface area contributed by atoms with Gasteiger partial charge in [-0.1, -0.05) is 56.3 Å². The number of piperidine rings is 1. The zero-order valence-electron chi connectivity index (χ0n) is 19.4. The van der Waals surface area contributed by atoms with Crippen LogP contribution in [0.2, 0.25) is 0 Å². The lowest BCUT2D eigenvalue weighted by Crippen LogP contribution is -2.45. The number of hydrogen-bond donors (Lipinski definition) is 1. The number of nitrogens with one attached hydrogen (secondary N) is 1. The second-order valence-corrected chi connectivity index (χ2v) is 9.83. The van der Waals surface area contributed by atoms with Crippen molar-refractivity contribution >= 4 is 17.5 Å². The SMILES string of the molecule is CC(C)(C)c1ccc(C2=NOC3(CCN(OC(=O)Nc4cccc(C(F)(F)F)c4)CC3)C2)cc1. The number of benzene rings is 2. The molecule has 182 valence electrons. The summed E-state index contributed by atoms with van der Waals surface area (Å²) in [6.45, 7) is 7.37. The first-order valence-corrected chi connectivity index (χ1v) is 11.2. The topological polar surface area (TPSA) is 63.2 Å². The van der Waals surface area contributed by atoms with E-state index in [1.807, 2.05) is 0 Å². The van der Waals surface area contributed by atoms with Gasteiger partial charge in [0.1, 0.15) is 5.60 Å². The molecule has 6 nitrogen and oxygen atoms in total. The number of nitrogens with zero attached hydrogens (tertiary/aromatic N) is 2. The van der Waals surface area contributed by atoms with Gasteiger partial charge in [-0.25, -0.2) is 4.79 Å². The molecule has 9 heteroatoms. The van der Waals surface area contributed by atoms with Crippen LogP contribution >= 0.6 is 0 Å². The van der Waals surface area contributed by atoms with Gasteiger partial charge in [-0.05, 0) is 34.7 Å². The highest BCUT2D eigenvalue weighted by molar-refractivity contribution is 6.01. The van der Waals surface area contributed by atoms with Crippen LogP contribution < -0.4 is 5.32 Å². The third-order valence-electron chi connectivity index (χ3n) is 6.21. The van der Waals surface area contributed by atoms with Gasteiger partial charge in [0.2, 0.25) is 0 Å². The minimum atomic E-state index is -4.49. The van der Waals surface area contributed by atoms with Crippen LogP contribution in [-0.2, 0) is 21.3 Å². The quantitative estimate of drug-likeness (QED) is 0.581. The molecule has 0 radical (unpaired) electrons.